The lowest BCUT2D eigenvalue weighted by Gasteiger charge is -2.20. The first-order valence-corrected chi connectivity index (χ1v) is 14.1. The van der Waals surface area contributed by atoms with Gasteiger partial charge in [-0.05, 0) is 49.4 Å². The standard InChI is InChI=1S/C32H30N8O/c1-19-6-5-9-21(12-19)24-17-34-18-27-29(24)38-32(37-27)31-30-26(39-40-31)11-10-25(36-30)22-14-23(16-33-15-22)35-28(41)13-20-7-3-2-4-8-20/h5-6,9-12,14-18,20H,2-4,7-8,13H2,1H3,(H,35,41)(H,37,38)(H,39,40). The van der Waals surface area contributed by atoms with Gasteiger partial charge in [0.05, 0.1) is 40.3 Å². The van der Waals surface area contributed by atoms with Gasteiger partial charge in [0.1, 0.15) is 5.52 Å². The van der Waals surface area contributed by atoms with E-state index in [0.29, 0.717) is 35.1 Å². The first-order valence-electron chi connectivity index (χ1n) is 14.1. The van der Waals surface area contributed by atoms with Crippen molar-refractivity contribution in [2.75, 3.05) is 5.32 Å². The number of aromatic nitrogens is 7. The lowest BCUT2D eigenvalue weighted by atomic mass is 9.87. The number of imidazole rings is 1. The van der Waals surface area contributed by atoms with Crippen LogP contribution in [0, 0.1) is 12.8 Å². The van der Waals surface area contributed by atoms with Gasteiger partial charge in [0.25, 0.3) is 0 Å². The molecule has 6 aromatic rings. The van der Waals surface area contributed by atoms with E-state index in [1.54, 1.807) is 18.6 Å². The van der Waals surface area contributed by atoms with E-state index >= 15 is 0 Å². The largest absolute Gasteiger partial charge is 0.335 e. The van der Waals surface area contributed by atoms with Crippen LogP contribution in [-0.4, -0.2) is 41.0 Å². The zero-order valence-corrected chi connectivity index (χ0v) is 22.8. The predicted molar refractivity (Wildman–Crippen MR) is 160 cm³/mol. The Bertz CT molecular complexity index is 1880. The molecule has 9 nitrogen and oxygen atoms in total. The summed E-state index contributed by atoms with van der Waals surface area (Å²) in [6.45, 7) is 2.07. The van der Waals surface area contributed by atoms with Crippen LogP contribution in [0.5, 0.6) is 0 Å². The summed E-state index contributed by atoms with van der Waals surface area (Å²) < 4.78 is 0. The monoisotopic (exact) mass is 542 g/mol. The molecular formula is C32H30N8O. The topological polar surface area (TPSA) is 125 Å². The van der Waals surface area contributed by atoms with E-state index in [2.05, 4.69) is 55.6 Å². The second-order valence-corrected chi connectivity index (χ2v) is 10.9. The Balaban J connectivity index is 1.19. The van der Waals surface area contributed by atoms with Gasteiger partial charge in [-0.3, -0.25) is 19.9 Å². The first kappa shape index (κ1) is 25.1. The number of carbonyl (C=O) groups is 1. The van der Waals surface area contributed by atoms with Gasteiger partial charge in [-0.25, -0.2) is 9.97 Å². The number of amides is 1. The van der Waals surface area contributed by atoms with Crippen LogP contribution in [0.15, 0.2) is 67.3 Å². The van der Waals surface area contributed by atoms with Crippen molar-refractivity contribution < 1.29 is 4.79 Å². The number of rotatable bonds is 6. The number of carbonyl (C=O) groups excluding carboxylic acids is 1. The van der Waals surface area contributed by atoms with Gasteiger partial charge in [-0.15, -0.1) is 0 Å². The number of aryl methyl sites for hydroxylation is 1. The van der Waals surface area contributed by atoms with Crippen LogP contribution in [0.2, 0.25) is 0 Å². The Morgan fingerprint density at radius 3 is 2.66 bits per heavy atom. The van der Waals surface area contributed by atoms with E-state index in [4.69, 9.17) is 9.97 Å². The Kier molecular flexibility index (Phi) is 6.47. The summed E-state index contributed by atoms with van der Waals surface area (Å²) in [5, 5.41) is 10.7. The van der Waals surface area contributed by atoms with E-state index in [-0.39, 0.29) is 5.91 Å². The molecule has 1 saturated carbocycles. The van der Waals surface area contributed by atoms with Gasteiger partial charge < -0.3 is 10.3 Å². The molecule has 0 bridgehead atoms. The van der Waals surface area contributed by atoms with E-state index in [9.17, 15) is 4.79 Å². The molecule has 1 aromatic carbocycles. The van der Waals surface area contributed by atoms with E-state index in [1.807, 2.05) is 30.5 Å². The second kappa shape index (κ2) is 10.6. The summed E-state index contributed by atoms with van der Waals surface area (Å²) in [6.07, 6.45) is 13.6. The predicted octanol–water partition coefficient (Wildman–Crippen LogP) is 6.84. The second-order valence-electron chi connectivity index (χ2n) is 10.9. The quantitative estimate of drug-likeness (QED) is 0.212. The maximum atomic E-state index is 12.7. The van der Waals surface area contributed by atoms with E-state index in [0.717, 1.165) is 51.8 Å². The number of H-pyrrole nitrogens is 2. The number of aromatic amines is 2. The molecular weight excluding hydrogens is 512 g/mol. The molecule has 9 heteroatoms. The van der Waals surface area contributed by atoms with Gasteiger partial charge in [0, 0.05) is 29.9 Å². The zero-order chi connectivity index (χ0) is 27.8. The number of nitrogens with one attached hydrogen (secondary N) is 3. The maximum absolute atomic E-state index is 12.7. The minimum Gasteiger partial charge on any atom is -0.335 e. The summed E-state index contributed by atoms with van der Waals surface area (Å²) in [5.74, 6) is 1.13. The maximum Gasteiger partial charge on any atom is 0.224 e. The average Bonchev–Trinajstić information content (AvgIpc) is 3.61. The molecule has 0 atom stereocenters. The normalized spacial score (nSPS) is 14.1. The fraction of sp³-hybridized carbons (Fsp3) is 0.250. The third-order valence-corrected chi connectivity index (χ3v) is 7.87. The van der Waals surface area contributed by atoms with Gasteiger partial charge in [-0.1, -0.05) is 49.1 Å². The number of hydrogen-bond acceptors (Lipinski definition) is 6. The SMILES string of the molecule is Cc1cccc(-c2cncc3[nH]c(-c4n[nH]c5ccc(-c6cncc(NC(=O)CC7CCCCC7)c6)nc45)nc23)c1. The van der Waals surface area contributed by atoms with Crippen molar-refractivity contribution in [3.05, 3.63) is 72.8 Å². The number of fused-ring (bicyclic) bond motifs is 2. The molecule has 0 unspecified atom stereocenters. The number of nitrogens with zero attached hydrogens (tertiary/aromatic N) is 5. The van der Waals surface area contributed by atoms with Crippen molar-refractivity contribution in [2.45, 2.75) is 45.4 Å². The summed E-state index contributed by atoms with van der Waals surface area (Å²) in [6, 6.07) is 14.1. The van der Waals surface area contributed by atoms with Crippen LogP contribution in [-0.2, 0) is 4.79 Å². The molecule has 1 fully saturated rings. The summed E-state index contributed by atoms with van der Waals surface area (Å²) in [4.78, 5) is 34.8. The zero-order valence-electron chi connectivity index (χ0n) is 22.8. The van der Waals surface area contributed by atoms with Gasteiger partial charge in [0.2, 0.25) is 5.91 Å². The molecule has 1 aliphatic carbocycles. The minimum absolute atomic E-state index is 0.0424. The fourth-order valence-corrected chi connectivity index (χ4v) is 5.81. The highest BCUT2D eigenvalue weighted by Gasteiger charge is 2.19. The van der Waals surface area contributed by atoms with Crippen LogP contribution < -0.4 is 5.32 Å². The Hall–Kier alpha value is -4.92. The highest BCUT2D eigenvalue weighted by Crippen LogP contribution is 2.32. The first-order chi connectivity index (χ1) is 20.1. The molecule has 41 heavy (non-hydrogen) atoms. The van der Waals surface area contributed by atoms with Gasteiger partial charge in [0.15, 0.2) is 11.5 Å². The molecule has 5 aromatic heterocycles. The molecule has 3 N–H and O–H groups in total. The highest BCUT2D eigenvalue weighted by molar-refractivity contribution is 5.96. The van der Waals surface area contributed by atoms with Gasteiger partial charge in [-0.2, -0.15) is 5.10 Å². The van der Waals surface area contributed by atoms with Crippen molar-refractivity contribution in [1.82, 2.24) is 35.1 Å². The Morgan fingerprint density at radius 2 is 1.78 bits per heavy atom. The third kappa shape index (κ3) is 5.06. The summed E-state index contributed by atoms with van der Waals surface area (Å²) in [5.41, 5.74) is 9.17. The van der Waals surface area contributed by atoms with Crippen molar-refractivity contribution in [3.8, 4) is 33.9 Å². The molecule has 1 aliphatic rings. The van der Waals surface area contributed by atoms with Crippen molar-refractivity contribution in [1.29, 1.82) is 0 Å². The number of anilines is 1. The summed E-state index contributed by atoms with van der Waals surface area (Å²) >= 11 is 0. The van der Waals surface area contributed by atoms with Gasteiger partial charge >= 0.3 is 0 Å². The van der Waals surface area contributed by atoms with Crippen molar-refractivity contribution in [2.24, 2.45) is 5.92 Å². The molecule has 0 aliphatic heterocycles. The minimum atomic E-state index is 0.0424. The van der Waals surface area contributed by atoms with Crippen LogP contribution >= 0.6 is 0 Å². The highest BCUT2D eigenvalue weighted by atomic mass is 16.1. The Labute approximate surface area is 236 Å². The lowest BCUT2D eigenvalue weighted by Crippen LogP contribution is -2.18. The smallest absolute Gasteiger partial charge is 0.224 e. The Morgan fingerprint density at radius 1 is 0.902 bits per heavy atom. The number of hydrogen-bond donors (Lipinski definition) is 3. The van der Waals surface area contributed by atoms with Crippen LogP contribution in [0.25, 0.3) is 56.0 Å². The van der Waals surface area contributed by atoms with Crippen molar-refractivity contribution in [3.63, 3.8) is 0 Å². The van der Waals surface area contributed by atoms with E-state index in [1.165, 1.54) is 24.8 Å². The summed E-state index contributed by atoms with van der Waals surface area (Å²) in [7, 11) is 0. The molecule has 5 heterocycles. The molecule has 0 radical (unpaired) electrons. The fourth-order valence-electron chi connectivity index (χ4n) is 5.81. The lowest BCUT2D eigenvalue weighted by molar-refractivity contribution is -0.117. The molecule has 0 spiro atoms. The molecule has 1 amide bonds. The number of benzene rings is 1. The molecule has 204 valence electrons. The molecule has 7 rings (SSSR count). The van der Waals surface area contributed by atoms with Crippen molar-refractivity contribution >= 4 is 33.7 Å². The molecule has 0 saturated heterocycles. The van der Waals surface area contributed by atoms with E-state index < -0.39 is 0 Å². The average molecular weight is 543 g/mol. The van der Waals surface area contributed by atoms with Crippen LogP contribution in [0.3, 0.4) is 0 Å². The number of pyridine rings is 3. The van der Waals surface area contributed by atoms with Crippen LogP contribution in [0.4, 0.5) is 5.69 Å². The third-order valence-electron chi connectivity index (χ3n) is 7.87. The van der Waals surface area contributed by atoms with Crippen LogP contribution in [0.1, 0.15) is 44.1 Å².